The zero-order valence-corrected chi connectivity index (χ0v) is 14.1. The molecule has 0 spiro atoms. The van der Waals surface area contributed by atoms with Crippen LogP contribution in [-0.2, 0) is 6.42 Å². The maximum atomic E-state index is 10.7. The standard InChI is InChI=1S/C19H29NO3/c1-12(2)7-14-11-20-6-5-13-8-18(22-3)19(23-4)9-15(13)16(20)10-17(14)21/h8-9,12,14,16-17,21H,5-7,10-11H2,1-4H3/i4D3,8D,9D. The van der Waals surface area contributed by atoms with E-state index in [1.54, 1.807) is 0 Å². The zero-order chi connectivity index (χ0) is 20.8. The van der Waals surface area contributed by atoms with Crippen molar-refractivity contribution in [3.8, 4) is 11.5 Å². The van der Waals surface area contributed by atoms with Gasteiger partial charge in [-0.25, -0.2) is 0 Å². The van der Waals surface area contributed by atoms with E-state index in [9.17, 15) is 5.11 Å². The summed E-state index contributed by atoms with van der Waals surface area (Å²) in [6.45, 7) is 5.76. The van der Waals surface area contributed by atoms with Crippen LogP contribution in [0.5, 0.6) is 11.5 Å². The largest absolute Gasteiger partial charge is 0.493 e. The van der Waals surface area contributed by atoms with Gasteiger partial charge in [-0.3, -0.25) is 4.90 Å². The van der Waals surface area contributed by atoms with Gasteiger partial charge >= 0.3 is 0 Å². The molecule has 2 aliphatic heterocycles. The highest BCUT2D eigenvalue weighted by Gasteiger charge is 2.38. The Hall–Kier alpha value is -1.26. The van der Waals surface area contributed by atoms with Gasteiger partial charge in [0.2, 0.25) is 0 Å². The van der Waals surface area contributed by atoms with Gasteiger partial charge in [0, 0.05) is 19.1 Å². The summed E-state index contributed by atoms with van der Waals surface area (Å²) in [6.07, 6.45) is 1.50. The van der Waals surface area contributed by atoms with Crippen molar-refractivity contribution in [3.63, 3.8) is 0 Å². The Morgan fingerprint density at radius 1 is 1.39 bits per heavy atom. The SMILES string of the molecule is [2H]c1c2c(c([2H])c(OC([2H])([2H])[2H])c1OC)C1CC(O)C(CC(C)C)CN1CC2. The van der Waals surface area contributed by atoms with Crippen molar-refractivity contribution in [2.45, 2.75) is 45.3 Å². The van der Waals surface area contributed by atoms with Crippen LogP contribution in [0.1, 0.15) is 50.7 Å². The predicted octanol–water partition coefficient (Wildman–Crippen LogP) is 3.03. The number of piperidine rings is 1. The van der Waals surface area contributed by atoms with Crippen LogP contribution in [0.4, 0.5) is 0 Å². The Balaban J connectivity index is 2.04. The van der Waals surface area contributed by atoms with Crippen molar-refractivity contribution in [2.24, 2.45) is 11.8 Å². The smallest absolute Gasteiger partial charge is 0.161 e. The van der Waals surface area contributed by atoms with E-state index in [1.165, 1.54) is 7.11 Å². The molecule has 3 rings (SSSR count). The van der Waals surface area contributed by atoms with Crippen molar-refractivity contribution in [3.05, 3.63) is 23.2 Å². The van der Waals surface area contributed by atoms with E-state index < -0.39 is 13.1 Å². The maximum Gasteiger partial charge on any atom is 0.161 e. The van der Waals surface area contributed by atoms with Crippen molar-refractivity contribution >= 4 is 0 Å². The number of hydrogen-bond donors (Lipinski definition) is 1. The number of rotatable bonds is 4. The second kappa shape index (κ2) is 6.70. The number of benzene rings is 1. The van der Waals surface area contributed by atoms with Crippen LogP contribution in [0.15, 0.2) is 12.1 Å². The molecular formula is C19H29NO3. The Morgan fingerprint density at radius 2 is 2.17 bits per heavy atom. The van der Waals surface area contributed by atoms with Crippen LogP contribution in [0, 0.1) is 11.8 Å². The van der Waals surface area contributed by atoms with Crippen LogP contribution in [0.3, 0.4) is 0 Å². The maximum absolute atomic E-state index is 10.7. The molecule has 3 atom stereocenters. The van der Waals surface area contributed by atoms with Crippen LogP contribution in [0.25, 0.3) is 0 Å². The normalized spacial score (nSPS) is 31.2. The number of ether oxygens (including phenoxy) is 2. The number of methoxy groups -OCH3 is 2. The topological polar surface area (TPSA) is 41.9 Å². The molecule has 1 N–H and O–H groups in total. The zero-order valence-electron chi connectivity index (χ0n) is 19.1. The lowest BCUT2D eigenvalue weighted by Gasteiger charge is -2.46. The molecule has 0 radical (unpaired) electrons. The first kappa shape index (κ1) is 11.3. The number of aliphatic hydroxyl groups is 1. The Morgan fingerprint density at radius 3 is 2.87 bits per heavy atom. The third kappa shape index (κ3) is 3.20. The van der Waals surface area contributed by atoms with Gasteiger partial charge in [0.15, 0.2) is 11.5 Å². The molecule has 1 saturated heterocycles. The number of hydrogen-bond acceptors (Lipinski definition) is 4. The third-order valence-corrected chi connectivity index (χ3v) is 5.03. The first-order valence-corrected chi connectivity index (χ1v) is 8.34. The highest BCUT2D eigenvalue weighted by molar-refractivity contribution is 5.49. The van der Waals surface area contributed by atoms with Crippen molar-refractivity contribution in [2.75, 3.05) is 27.2 Å². The molecule has 23 heavy (non-hydrogen) atoms. The van der Waals surface area contributed by atoms with Gasteiger partial charge < -0.3 is 14.6 Å². The van der Waals surface area contributed by atoms with E-state index in [0.29, 0.717) is 29.9 Å². The fourth-order valence-electron chi connectivity index (χ4n) is 3.97. The molecule has 0 saturated carbocycles. The highest BCUT2D eigenvalue weighted by atomic mass is 16.5. The van der Waals surface area contributed by atoms with E-state index in [-0.39, 0.29) is 35.5 Å². The van der Waals surface area contributed by atoms with Crippen LogP contribution in [-0.4, -0.2) is 43.3 Å². The lowest BCUT2D eigenvalue weighted by atomic mass is 9.79. The Labute approximate surface area is 146 Å². The van der Waals surface area contributed by atoms with Crippen molar-refractivity contribution < 1.29 is 21.4 Å². The second-order valence-corrected chi connectivity index (χ2v) is 7.06. The van der Waals surface area contributed by atoms with Gasteiger partial charge in [0.05, 0.1) is 27.1 Å². The van der Waals surface area contributed by atoms with E-state index >= 15 is 0 Å². The molecule has 1 fully saturated rings. The van der Waals surface area contributed by atoms with Crippen molar-refractivity contribution in [1.29, 1.82) is 0 Å². The minimum Gasteiger partial charge on any atom is -0.493 e. The molecule has 0 aromatic heterocycles. The van der Waals surface area contributed by atoms with E-state index in [0.717, 1.165) is 19.5 Å². The van der Waals surface area contributed by atoms with Gasteiger partial charge in [-0.15, -0.1) is 0 Å². The fraction of sp³-hybridized carbons (Fsp3) is 0.684. The number of nitrogens with zero attached hydrogens (tertiary/aromatic N) is 1. The summed E-state index contributed by atoms with van der Waals surface area (Å²) in [6, 6.07) is -0.196. The average molecular weight is 324 g/mol. The first-order valence-electron chi connectivity index (χ1n) is 10.8. The fourth-order valence-corrected chi connectivity index (χ4v) is 3.97. The minimum atomic E-state index is -2.74. The van der Waals surface area contributed by atoms with E-state index in [2.05, 4.69) is 18.7 Å². The summed E-state index contributed by atoms with van der Waals surface area (Å²) in [4.78, 5) is 2.26. The molecule has 2 aliphatic rings. The van der Waals surface area contributed by atoms with Crippen molar-refractivity contribution in [1.82, 2.24) is 4.90 Å². The van der Waals surface area contributed by atoms with Gasteiger partial charge in [0.1, 0.15) is 0 Å². The monoisotopic (exact) mass is 324 g/mol. The van der Waals surface area contributed by atoms with Crippen LogP contribution < -0.4 is 9.47 Å². The van der Waals surface area contributed by atoms with Gasteiger partial charge in [-0.1, -0.05) is 13.8 Å². The lowest BCUT2D eigenvalue weighted by Crippen LogP contribution is -2.48. The first-order chi connectivity index (χ1) is 13.0. The third-order valence-electron chi connectivity index (χ3n) is 5.03. The lowest BCUT2D eigenvalue weighted by molar-refractivity contribution is -0.0191. The molecule has 1 aromatic carbocycles. The number of fused-ring (bicyclic) bond motifs is 3. The molecule has 1 aromatic rings. The van der Waals surface area contributed by atoms with Gasteiger partial charge in [-0.2, -0.15) is 0 Å². The molecule has 3 unspecified atom stereocenters. The minimum absolute atomic E-state index is 0.0117. The average Bonchev–Trinajstić information content (AvgIpc) is 2.58. The second-order valence-electron chi connectivity index (χ2n) is 7.06. The predicted molar refractivity (Wildman–Crippen MR) is 91.1 cm³/mol. The molecule has 0 amide bonds. The Kier molecular flexibility index (Phi) is 3.30. The summed E-state index contributed by atoms with van der Waals surface area (Å²) in [5.74, 6) is 0.441. The molecule has 4 heteroatoms. The molecule has 4 nitrogen and oxygen atoms in total. The highest BCUT2D eigenvalue weighted by Crippen LogP contribution is 2.43. The summed E-state index contributed by atoms with van der Waals surface area (Å²) in [5, 5.41) is 10.7. The summed E-state index contributed by atoms with van der Waals surface area (Å²) < 4.78 is 49.7. The van der Waals surface area contributed by atoms with Crippen LogP contribution in [0.2, 0.25) is 0 Å². The summed E-state index contributed by atoms with van der Waals surface area (Å²) >= 11 is 0. The molecular weight excluding hydrogens is 290 g/mol. The molecule has 2 heterocycles. The quantitative estimate of drug-likeness (QED) is 0.924. The molecule has 128 valence electrons. The van der Waals surface area contributed by atoms with Gasteiger partial charge in [0.25, 0.3) is 0 Å². The van der Waals surface area contributed by atoms with Gasteiger partial charge in [-0.05, 0) is 54.3 Å². The molecule has 0 aliphatic carbocycles. The van der Waals surface area contributed by atoms with E-state index in [1.807, 2.05) is 0 Å². The summed E-state index contributed by atoms with van der Waals surface area (Å²) in [5.41, 5.74) is 1.29. The summed E-state index contributed by atoms with van der Waals surface area (Å²) in [7, 11) is -1.39. The van der Waals surface area contributed by atoms with E-state index in [4.69, 9.17) is 16.3 Å². The Bertz CT molecular complexity index is 738. The molecule has 0 bridgehead atoms. The number of aliphatic hydroxyl groups excluding tert-OH is 1. The van der Waals surface area contributed by atoms with Crippen LogP contribution >= 0.6 is 0 Å².